The molecule has 0 unspecified atom stereocenters. The molecule has 0 atom stereocenters. The summed E-state index contributed by atoms with van der Waals surface area (Å²) in [5, 5.41) is 2.39. The predicted octanol–water partition coefficient (Wildman–Crippen LogP) is 10.6. The first-order valence-corrected chi connectivity index (χ1v) is 14.5. The van der Waals surface area contributed by atoms with Crippen LogP contribution in [-0.4, -0.2) is 0 Å². The van der Waals surface area contributed by atoms with E-state index < -0.39 is 0 Å². The van der Waals surface area contributed by atoms with Crippen LogP contribution < -0.4 is 4.74 Å². The third-order valence-electron chi connectivity index (χ3n) is 9.17. The molecule has 0 saturated carbocycles. The zero-order valence-electron chi connectivity index (χ0n) is 22.9. The van der Waals surface area contributed by atoms with Gasteiger partial charge in [-0.25, -0.2) is 0 Å². The molecule has 1 aliphatic heterocycles. The number of benzene rings is 7. The van der Waals surface area contributed by atoms with Crippen LogP contribution in [0.4, 0.5) is 0 Å². The highest BCUT2D eigenvalue weighted by molar-refractivity contribution is 6.04. The van der Waals surface area contributed by atoms with Crippen LogP contribution in [0.15, 0.2) is 158 Å². The monoisotopic (exact) mass is 534 g/mol. The van der Waals surface area contributed by atoms with Gasteiger partial charge in [-0.3, -0.25) is 0 Å². The number of hydrogen-bond donors (Lipinski definition) is 0. The quantitative estimate of drug-likeness (QED) is 0.219. The standard InChI is InChI=1S/C41H26O/c1-2-12-30(13-3-1)41(36-17-6-4-14-32(36)33-15-5-7-18-37(33)41)31-23-20-27(21-24-31)29-22-25-38-35(26-29)34-16-8-10-28-11-9-19-39(42-38)40(28)34/h1-26H. The van der Waals surface area contributed by atoms with Gasteiger partial charge in [-0.05, 0) is 73.7 Å². The molecule has 0 radical (unpaired) electrons. The van der Waals surface area contributed by atoms with Gasteiger partial charge >= 0.3 is 0 Å². The molecule has 9 rings (SSSR count). The molecular formula is C41H26O. The summed E-state index contributed by atoms with van der Waals surface area (Å²) in [6.45, 7) is 0. The van der Waals surface area contributed by atoms with Crippen LogP contribution >= 0.6 is 0 Å². The Balaban J connectivity index is 1.21. The fourth-order valence-corrected chi connectivity index (χ4v) is 7.37. The first-order chi connectivity index (χ1) is 20.8. The van der Waals surface area contributed by atoms with E-state index in [0.717, 1.165) is 17.1 Å². The zero-order chi connectivity index (χ0) is 27.7. The Hall–Kier alpha value is -5.40. The van der Waals surface area contributed by atoms with E-state index in [2.05, 4.69) is 158 Å². The lowest BCUT2D eigenvalue weighted by Crippen LogP contribution is -2.28. The normalized spacial score (nSPS) is 13.6. The van der Waals surface area contributed by atoms with Gasteiger partial charge in [0.2, 0.25) is 0 Å². The molecule has 0 N–H and O–H groups in total. The van der Waals surface area contributed by atoms with Crippen molar-refractivity contribution in [2.75, 3.05) is 0 Å². The van der Waals surface area contributed by atoms with Crippen LogP contribution in [0.5, 0.6) is 11.5 Å². The van der Waals surface area contributed by atoms with Crippen LogP contribution in [0.2, 0.25) is 0 Å². The van der Waals surface area contributed by atoms with E-state index >= 15 is 0 Å². The highest BCUT2D eigenvalue weighted by atomic mass is 16.5. The Labute approximate surface area is 245 Å². The first-order valence-electron chi connectivity index (χ1n) is 14.5. The van der Waals surface area contributed by atoms with Crippen molar-refractivity contribution < 1.29 is 4.74 Å². The molecule has 2 aliphatic rings. The fraction of sp³-hybridized carbons (Fsp3) is 0.0244. The first kappa shape index (κ1) is 23.3. The molecule has 0 aromatic heterocycles. The summed E-state index contributed by atoms with van der Waals surface area (Å²) in [5.41, 5.74) is 12.2. The van der Waals surface area contributed by atoms with E-state index in [1.54, 1.807) is 0 Å². The summed E-state index contributed by atoms with van der Waals surface area (Å²) in [7, 11) is 0. The van der Waals surface area contributed by atoms with Crippen LogP contribution in [0.1, 0.15) is 22.3 Å². The molecular weight excluding hydrogens is 508 g/mol. The summed E-state index contributed by atoms with van der Waals surface area (Å²) >= 11 is 0. The summed E-state index contributed by atoms with van der Waals surface area (Å²) < 4.78 is 6.36. The van der Waals surface area contributed by atoms with Crippen LogP contribution in [0.25, 0.3) is 44.2 Å². The zero-order valence-corrected chi connectivity index (χ0v) is 22.9. The van der Waals surface area contributed by atoms with Crippen molar-refractivity contribution in [2.24, 2.45) is 0 Å². The molecule has 1 heteroatoms. The van der Waals surface area contributed by atoms with Gasteiger partial charge in [0.05, 0.1) is 5.41 Å². The Bertz CT molecular complexity index is 2100. The van der Waals surface area contributed by atoms with Gasteiger partial charge in [-0.2, -0.15) is 0 Å². The summed E-state index contributed by atoms with van der Waals surface area (Å²) in [5.74, 6) is 1.83. The van der Waals surface area contributed by atoms with Gasteiger partial charge in [-0.15, -0.1) is 0 Å². The van der Waals surface area contributed by atoms with Crippen molar-refractivity contribution in [2.45, 2.75) is 5.41 Å². The van der Waals surface area contributed by atoms with E-state index in [0.29, 0.717) is 0 Å². The van der Waals surface area contributed by atoms with Gasteiger partial charge in [0.1, 0.15) is 11.5 Å². The SMILES string of the molecule is c1ccc(C2(c3ccc(-c4ccc5c(c4)-c4cccc6cccc(c46)O5)cc3)c3ccccc3-c3ccccc32)cc1. The van der Waals surface area contributed by atoms with Crippen molar-refractivity contribution in [1.82, 2.24) is 0 Å². The molecule has 1 nitrogen and oxygen atoms in total. The van der Waals surface area contributed by atoms with Crippen molar-refractivity contribution in [3.8, 4) is 44.9 Å². The Morgan fingerprint density at radius 2 is 0.976 bits per heavy atom. The topological polar surface area (TPSA) is 9.23 Å². The molecule has 7 aromatic carbocycles. The van der Waals surface area contributed by atoms with Gasteiger partial charge in [-0.1, -0.05) is 140 Å². The van der Waals surface area contributed by atoms with Gasteiger partial charge in [0.25, 0.3) is 0 Å². The number of hydrogen-bond acceptors (Lipinski definition) is 1. The second kappa shape index (κ2) is 8.80. The molecule has 42 heavy (non-hydrogen) atoms. The van der Waals surface area contributed by atoms with E-state index in [-0.39, 0.29) is 5.41 Å². The fourth-order valence-electron chi connectivity index (χ4n) is 7.37. The molecule has 7 aromatic rings. The third kappa shape index (κ3) is 3.14. The van der Waals surface area contributed by atoms with E-state index in [1.165, 1.54) is 60.8 Å². The Morgan fingerprint density at radius 1 is 0.381 bits per heavy atom. The number of fused-ring (bicyclic) bond motifs is 5. The molecule has 0 spiro atoms. The average molecular weight is 535 g/mol. The smallest absolute Gasteiger partial charge is 0.135 e. The van der Waals surface area contributed by atoms with Crippen molar-refractivity contribution in [1.29, 1.82) is 0 Å². The predicted molar refractivity (Wildman–Crippen MR) is 172 cm³/mol. The largest absolute Gasteiger partial charge is 0.456 e. The summed E-state index contributed by atoms with van der Waals surface area (Å²) in [4.78, 5) is 0. The number of ether oxygens (including phenoxy) is 1. The molecule has 1 aliphatic carbocycles. The maximum absolute atomic E-state index is 6.36. The minimum atomic E-state index is -0.379. The molecule has 1 heterocycles. The van der Waals surface area contributed by atoms with Crippen LogP contribution in [0, 0.1) is 0 Å². The maximum Gasteiger partial charge on any atom is 0.135 e. The third-order valence-corrected chi connectivity index (χ3v) is 9.17. The van der Waals surface area contributed by atoms with Crippen LogP contribution in [0.3, 0.4) is 0 Å². The molecule has 0 fully saturated rings. The summed E-state index contributed by atoms with van der Waals surface area (Å²) in [6.07, 6.45) is 0. The Morgan fingerprint density at radius 3 is 1.71 bits per heavy atom. The minimum Gasteiger partial charge on any atom is -0.456 e. The van der Waals surface area contributed by atoms with Crippen molar-refractivity contribution in [3.05, 3.63) is 180 Å². The lowest BCUT2D eigenvalue weighted by atomic mass is 9.67. The Kier molecular flexibility index (Phi) is 4.88. The molecule has 0 bridgehead atoms. The van der Waals surface area contributed by atoms with E-state index in [4.69, 9.17) is 4.74 Å². The van der Waals surface area contributed by atoms with E-state index in [1.807, 2.05) is 0 Å². The van der Waals surface area contributed by atoms with Crippen molar-refractivity contribution >= 4 is 10.8 Å². The highest BCUT2D eigenvalue weighted by Crippen LogP contribution is 2.56. The van der Waals surface area contributed by atoms with Crippen molar-refractivity contribution in [3.63, 3.8) is 0 Å². The highest BCUT2D eigenvalue weighted by Gasteiger charge is 2.45. The number of rotatable bonds is 3. The van der Waals surface area contributed by atoms with Gasteiger partial charge in [0, 0.05) is 10.9 Å². The van der Waals surface area contributed by atoms with Crippen LogP contribution in [-0.2, 0) is 5.41 Å². The second-order valence-corrected chi connectivity index (χ2v) is 11.3. The maximum atomic E-state index is 6.36. The summed E-state index contributed by atoms with van der Waals surface area (Å²) in [6, 6.07) is 57.3. The van der Waals surface area contributed by atoms with E-state index in [9.17, 15) is 0 Å². The lowest BCUT2D eigenvalue weighted by molar-refractivity contribution is 0.487. The minimum absolute atomic E-state index is 0.379. The lowest BCUT2D eigenvalue weighted by Gasteiger charge is -2.34. The average Bonchev–Trinajstić information content (AvgIpc) is 3.37. The molecule has 196 valence electrons. The molecule has 0 amide bonds. The van der Waals surface area contributed by atoms with Gasteiger partial charge < -0.3 is 4.74 Å². The van der Waals surface area contributed by atoms with Gasteiger partial charge in [0.15, 0.2) is 0 Å². The second-order valence-electron chi connectivity index (χ2n) is 11.3. The molecule has 0 saturated heterocycles.